The lowest BCUT2D eigenvalue weighted by Crippen LogP contribution is -1.93. The fourth-order valence-electron chi connectivity index (χ4n) is 2.57. The van der Waals surface area contributed by atoms with Crippen molar-refractivity contribution in [3.8, 4) is 11.4 Å². The summed E-state index contributed by atoms with van der Waals surface area (Å²) in [6, 6.07) is 10.1. The molecule has 7 heteroatoms. The van der Waals surface area contributed by atoms with Crippen LogP contribution in [0.1, 0.15) is 11.3 Å². The molecule has 122 valence electrons. The van der Waals surface area contributed by atoms with Crippen molar-refractivity contribution in [2.75, 3.05) is 5.32 Å². The second-order valence-corrected chi connectivity index (χ2v) is 6.17. The molecule has 0 radical (unpaired) electrons. The first-order chi connectivity index (χ1) is 11.2. The molecule has 0 amide bonds. The Morgan fingerprint density at radius 2 is 1.92 bits per heavy atom. The number of thiazole rings is 1. The molecule has 3 aromatic heterocycles. The highest BCUT2D eigenvalue weighted by Crippen LogP contribution is 2.30. The number of hydrogen-bond acceptors (Lipinski definition) is 5. The number of hydrogen-bond donors (Lipinski definition) is 1. The smallest absolute Gasteiger partial charge is 0.234 e. The Labute approximate surface area is 154 Å². The minimum Gasteiger partial charge on any atom is -0.331 e. The molecular weight excluding hydrogens is 386 g/mol. The van der Waals surface area contributed by atoms with Gasteiger partial charge in [-0.15, -0.1) is 28.3 Å². The van der Waals surface area contributed by atoms with E-state index >= 15 is 0 Å². The van der Waals surface area contributed by atoms with E-state index in [0.29, 0.717) is 5.78 Å². The van der Waals surface area contributed by atoms with E-state index in [1.165, 1.54) is 5.56 Å². The lowest BCUT2D eigenvalue weighted by molar-refractivity contribution is 1.11. The van der Waals surface area contributed by atoms with Crippen LogP contribution in [0.15, 0.2) is 48.1 Å². The molecule has 1 N–H and O–H groups in total. The molecule has 0 saturated heterocycles. The van der Waals surface area contributed by atoms with Crippen molar-refractivity contribution in [2.24, 2.45) is 0 Å². The number of nitrogens with one attached hydrogen (secondary N) is 1. The van der Waals surface area contributed by atoms with Crippen LogP contribution < -0.4 is 5.32 Å². The quantitative estimate of drug-likeness (QED) is 0.535. The molecule has 0 unspecified atom stereocenters. The van der Waals surface area contributed by atoms with Gasteiger partial charge in [0, 0.05) is 23.5 Å². The summed E-state index contributed by atoms with van der Waals surface area (Å²) in [7, 11) is 0. The van der Waals surface area contributed by atoms with Gasteiger partial charge in [0.05, 0.1) is 11.4 Å². The van der Waals surface area contributed by atoms with Crippen LogP contribution in [0, 0.1) is 13.8 Å². The molecule has 3 heterocycles. The first-order valence-corrected chi connectivity index (χ1v) is 8.18. The van der Waals surface area contributed by atoms with E-state index in [-0.39, 0.29) is 17.0 Å². The molecule has 0 fully saturated rings. The molecule has 24 heavy (non-hydrogen) atoms. The van der Waals surface area contributed by atoms with E-state index < -0.39 is 0 Å². The first kappa shape index (κ1) is 16.6. The van der Waals surface area contributed by atoms with Crippen LogP contribution in [0.5, 0.6) is 0 Å². The van der Waals surface area contributed by atoms with Crippen molar-refractivity contribution in [3.05, 3.63) is 59.4 Å². The largest absolute Gasteiger partial charge is 0.331 e. The third-order valence-electron chi connectivity index (χ3n) is 3.71. The summed E-state index contributed by atoms with van der Waals surface area (Å²) < 4.78 is 1.97. The number of fused-ring (bicyclic) bond motifs is 1. The van der Waals surface area contributed by atoms with Crippen molar-refractivity contribution in [3.63, 3.8) is 0 Å². The summed E-state index contributed by atoms with van der Waals surface area (Å²) in [5, 5.41) is 6.30. The average molecular weight is 402 g/mol. The standard InChI is InChI=1S/C17H15N5S.BrH/c1-11-6-3-4-7-13(11)20-17-21-14(10-23-17)15-12(2)19-16-18-8-5-9-22(15)16;/h3-10H,1-2H3,(H,20,21);1H. The number of para-hydroxylation sites is 1. The van der Waals surface area contributed by atoms with Crippen molar-refractivity contribution >= 4 is 44.9 Å². The Morgan fingerprint density at radius 1 is 1.08 bits per heavy atom. The monoisotopic (exact) mass is 401 g/mol. The van der Waals surface area contributed by atoms with E-state index in [1.807, 2.05) is 41.1 Å². The molecule has 0 saturated carbocycles. The number of rotatable bonds is 3. The Kier molecular flexibility index (Phi) is 4.64. The molecule has 0 atom stereocenters. The van der Waals surface area contributed by atoms with Gasteiger partial charge in [0.15, 0.2) is 5.13 Å². The van der Waals surface area contributed by atoms with Gasteiger partial charge in [0.25, 0.3) is 0 Å². The highest BCUT2D eigenvalue weighted by Gasteiger charge is 2.14. The summed E-state index contributed by atoms with van der Waals surface area (Å²) in [5.74, 6) is 0.696. The SMILES string of the molecule is Br.Cc1ccccc1Nc1nc(-c2c(C)nc3ncccn23)cs1. The van der Waals surface area contributed by atoms with Gasteiger partial charge in [0.1, 0.15) is 5.69 Å². The Morgan fingerprint density at radius 3 is 2.75 bits per heavy atom. The van der Waals surface area contributed by atoms with Gasteiger partial charge in [-0.2, -0.15) is 0 Å². The van der Waals surface area contributed by atoms with Gasteiger partial charge in [-0.1, -0.05) is 18.2 Å². The van der Waals surface area contributed by atoms with Crippen molar-refractivity contribution in [1.29, 1.82) is 0 Å². The van der Waals surface area contributed by atoms with E-state index in [0.717, 1.165) is 27.9 Å². The zero-order valence-electron chi connectivity index (χ0n) is 13.2. The molecule has 1 aromatic carbocycles. The van der Waals surface area contributed by atoms with E-state index in [4.69, 9.17) is 4.98 Å². The first-order valence-electron chi connectivity index (χ1n) is 7.30. The van der Waals surface area contributed by atoms with Gasteiger partial charge in [-0.05, 0) is 31.5 Å². The van der Waals surface area contributed by atoms with Gasteiger partial charge >= 0.3 is 0 Å². The topological polar surface area (TPSA) is 55.1 Å². The number of aromatic nitrogens is 4. The number of halogens is 1. The molecule has 0 aliphatic heterocycles. The zero-order chi connectivity index (χ0) is 15.8. The molecule has 5 nitrogen and oxygen atoms in total. The Balaban J connectivity index is 0.00000169. The van der Waals surface area contributed by atoms with Crippen LogP contribution in [-0.4, -0.2) is 19.4 Å². The third kappa shape index (κ3) is 2.92. The fourth-order valence-corrected chi connectivity index (χ4v) is 3.28. The number of nitrogens with zero attached hydrogens (tertiary/aromatic N) is 4. The maximum atomic E-state index is 4.72. The van der Waals surface area contributed by atoms with Gasteiger partial charge < -0.3 is 5.32 Å². The number of anilines is 2. The molecule has 0 bridgehead atoms. The van der Waals surface area contributed by atoms with Gasteiger partial charge in [-0.25, -0.2) is 15.0 Å². The summed E-state index contributed by atoms with van der Waals surface area (Å²) in [6.45, 7) is 4.06. The van der Waals surface area contributed by atoms with Gasteiger partial charge in [-0.3, -0.25) is 4.40 Å². The normalized spacial score (nSPS) is 10.6. The highest BCUT2D eigenvalue weighted by molar-refractivity contribution is 8.93. The van der Waals surface area contributed by atoms with Crippen LogP contribution in [0.3, 0.4) is 0 Å². The highest BCUT2D eigenvalue weighted by atomic mass is 79.9. The lowest BCUT2D eigenvalue weighted by Gasteiger charge is -2.05. The summed E-state index contributed by atoms with van der Waals surface area (Å²) in [5.41, 5.74) is 5.09. The molecule has 4 aromatic rings. The van der Waals surface area contributed by atoms with Crippen molar-refractivity contribution in [2.45, 2.75) is 13.8 Å². The second kappa shape index (κ2) is 6.70. The van der Waals surface area contributed by atoms with E-state index in [1.54, 1.807) is 17.5 Å². The molecule has 0 spiro atoms. The molecular formula is C17H16BrN5S. The predicted molar refractivity (Wildman–Crippen MR) is 104 cm³/mol. The maximum Gasteiger partial charge on any atom is 0.234 e. The summed E-state index contributed by atoms with van der Waals surface area (Å²) >= 11 is 1.58. The van der Waals surface area contributed by atoms with Gasteiger partial charge in [0.2, 0.25) is 5.78 Å². The second-order valence-electron chi connectivity index (χ2n) is 5.31. The summed E-state index contributed by atoms with van der Waals surface area (Å²) in [6.07, 6.45) is 3.71. The van der Waals surface area contributed by atoms with Crippen LogP contribution in [0.4, 0.5) is 10.8 Å². The Hall–Kier alpha value is -2.25. The van der Waals surface area contributed by atoms with Crippen LogP contribution in [-0.2, 0) is 0 Å². The number of aryl methyl sites for hydroxylation is 2. The predicted octanol–water partition coefficient (Wildman–Crippen LogP) is 4.79. The van der Waals surface area contributed by atoms with Crippen molar-refractivity contribution in [1.82, 2.24) is 19.4 Å². The number of benzene rings is 1. The minimum absolute atomic E-state index is 0. The summed E-state index contributed by atoms with van der Waals surface area (Å²) in [4.78, 5) is 13.5. The van der Waals surface area contributed by atoms with Crippen LogP contribution in [0.2, 0.25) is 0 Å². The minimum atomic E-state index is 0. The molecule has 0 aliphatic carbocycles. The molecule has 4 rings (SSSR count). The van der Waals surface area contributed by atoms with E-state index in [2.05, 4.69) is 34.3 Å². The molecule has 0 aliphatic rings. The zero-order valence-corrected chi connectivity index (χ0v) is 15.8. The third-order valence-corrected chi connectivity index (χ3v) is 4.47. The Bertz CT molecular complexity index is 991. The number of imidazole rings is 1. The maximum absolute atomic E-state index is 4.72. The lowest BCUT2D eigenvalue weighted by atomic mass is 10.2. The van der Waals surface area contributed by atoms with Crippen LogP contribution >= 0.6 is 28.3 Å². The van der Waals surface area contributed by atoms with Crippen molar-refractivity contribution < 1.29 is 0 Å². The average Bonchev–Trinajstić information content (AvgIpc) is 3.12. The van der Waals surface area contributed by atoms with Crippen LogP contribution in [0.25, 0.3) is 17.2 Å². The van der Waals surface area contributed by atoms with E-state index in [9.17, 15) is 0 Å². The fraction of sp³-hybridized carbons (Fsp3) is 0.118.